The van der Waals surface area contributed by atoms with E-state index in [1.807, 2.05) is 0 Å². The van der Waals surface area contributed by atoms with Crippen LogP contribution in [-0.2, 0) is 0 Å². The number of hydrogen-bond acceptors (Lipinski definition) is 1. The molecule has 1 nitrogen and oxygen atoms in total. The molecule has 0 fully saturated rings. The fourth-order valence-corrected chi connectivity index (χ4v) is 1.56. The average Bonchev–Trinajstić information content (AvgIpc) is 2.01. The van der Waals surface area contributed by atoms with E-state index in [9.17, 15) is 17.6 Å². The Bertz CT molecular complexity index is 316. The van der Waals surface area contributed by atoms with Gasteiger partial charge in [0.15, 0.2) is 0 Å². The maximum atomic E-state index is 13.0. The normalized spacial score (nSPS) is 14.1. The van der Waals surface area contributed by atoms with Crippen LogP contribution < -0.4 is 5.73 Å². The molecule has 78 valence electrons. The van der Waals surface area contributed by atoms with Gasteiger partial charge in [0.1, 0.15) is 11.9 Å². The van der Waals surface area contributed by atoms with Crippen LogP contribution in [0.25, 0.3) is 0 Å². The highest BCUT2D eigenvalue weighted by Crippen LogP contribution is 2.35. The van der Waals surface area contributed by atoms with E-state index in [1.165, 1.54) is 12.1 Å². The molecule has 0 bridgehead atoms. The smallest absolute Gasteiger partial charge is 0.316 e. The van der Waals surface area contributed by atoms with Crippen molar-refractivity contribution in [3.8, 4) is 0 Å². The molecule has 0 saturated heterocycles. The molecule has 6 heteroatoms. The Morgan fingerprint density at radius 2 is 1.86 bits per heavy atom. The predicted octanol–water partition coefficient (Wildman–Crippen LogP) is 3.15. The Kier molecular flexibility index (Phi) is 3.16. The summed E-state index contributed by atoms with van der Waals surface area (Å²) < 4.78 is 49.6. The first kappa shape index (κ1) is 11.5. The third-order valence-corrected chi connectivity index (χ3v) is 2.35. The number of rotatable bonds is 1. The molecule has 0 aliphatic rings. The van der Waals surface area contributed by atoms with Crippen molar-refractivity contribution in [1.82, 2.24) is 0 Å². The summed E-state index contributed by atoms with van der Waals surface area (Å²) in [5.41, 5.74) is 4.31. The van der Waals surface area contributed by atoms with Crippen LogP contribution in [0.2, 0.25) is 0 Å². The van der Waals surface area contributed by atoms with Gasteiger partial charge in [-0.3, -0.25) is 0 Å². The number of nitrogens with two attached hydrogens (primary N) is 1. The fraction of sp³-hybridized carbons (Fsp3) is 0.250. The van der Waals surface area contributed by atoms with Gasteiger partial charge in [-0.25, -0.2) is 4.39 Å². The van der Waals surface area contributed by atoms with Gasteiger partial charge in [0.05, 0.1) is 0 Å². The van der Waals surface area contributed by atoms with Gasteiger partial charge in [-0.2, -0.15) is 13.2 Å². The lowest BCUT2D eigenvalue weighted by Crippen LogP contribution is -2.29. The minimum atomic E-state index is -4.65. The van der Waals surface area contributed by atoms with Crippen LogP contribution in [-0.4, -0.2) is 6.18 Å². The van der Waals surface area contributed by atoms with E-state index in [2.05, 4.69) is 15.9 Å². The zero-order valence-electron chi connectivity index (χ0n) is 6.78. The van der Waals surface area contributed by atoms with Crippen molar-refractivity contribution in [1.29, 1.82) is 0 Å². The van der Waals surface area contributed by atoms with Gasteiger partial charge in [-0.05, 0) is 12.1 Å². The van der Waals surface area contributed by atoms with Gasteiger partial charge >= 0.3 is 6.18 Å². The molecular weight excluding hydrogens is 266 g/mol. The van der Waals surface area contributed by atoms with Crippen LogP contribution in [0.4, 0.5) is 17.6 Å². The zero-order chi connectivity index (χ0) is 10.9. The SMILES string of the molecule is N[C@@H](c1c(F)cccc1Br)C(F)(F)F. The molecule has 0 unspecified atom stereocenters. The Morgan fingerprint density at radius 3 is 2.29 bits per heavy atom. The van der Waals surface area contributed by atoms with E-state index < -0.39 is 23.6 Å². The predicted molar refractivity (Wildman–Crippen MR) is 47.1 cm³/mol. The van der Waals surface area contributed by atoms with Gasteiger partial charge in [0, 0.05) is 10.0 Å². The Balaban J connectivity index is 3.19. The van der Waals surface area contributed by atoms with Gasteiger partial charge in [0.2, 0.25) is 0 Å². The Hall–Kier alpha value is -0.620. The van der Waals surface area contributed by atoms with Crippen LogP contribution in [0.3, 0.4) is 0 Å². The van der Waals surface area contributed by atoms with Gasteiger partial charge in [0.25, 0.3) is 0 Å². The summed E-state index contributed by atoms with van der Waals surface area (Å²) in [6, 6.07) is 1.24. The van der Waals surface area contributed by atoms with Crippen LogP contribution in [0.1, 0.15) is 11.6 Å². The van der Waals surface area contributed by atoms with Crippen molar-refractivity contribution in [3.05, 3.63) is 34.1 Å². The van der Waals surface area contributed by atoms with E-state index in [0.29, 0.717) is 0 Å². The van der Waals surface area contributed by atoms with Gasteiger partial charge in [-0.1, -0.05) is 22.0 Å². The highest BCUT2D eigenvalue weighted by Gasteiger charge is 2.40. The van der Waals surface area contributed by atoms with E-state index in [1.54, 1.807) is 0 Å². The second-order valence-electron chi connectivity index (χ2n) is 2.65. The topological polar surface area (TPSA) is 26.0 Å². The summed E-state index contributed by atoms with van der Waals surface area (Å²) in [5.74, 6) is -0.968. The lowest BCUT2D eigenvalue weighted by molar-refractivity contribution is -0.149. The molecule has 0 aromatic heterocycles. The largest absolute Gasteiger partial charge is 0.407 e. The first-order valence-electron chi connectivity index (χ1n) is 3.60. The lowest BCUT2D eigenvalue weighted by atomic mass is 10.1. The van der Waals surface area contributed by atoms with Crippen molar-refractivity contribution in [2.75, 3.05) is 0 Å². The monoisotopic (exact) mass is 271 g/mol. The third kappa shape index (κ3) is 2.24. The summed E-state index contributed by atoms with van der Waals surface area (Å²) in [7, 11) is 0. The van der Waals surface area contributed by atoms with Gasteiger partial charge < -0.3 is 5.73 Å². The van der Waals surface area contributed by atoms with E-state index >= 15 is 0 Å². The molecule has 1 aromatic rings. The molecule has 0 aliphatic carbocycles. The molecule has 0 spiro atoms. The third-order valence-electron chi connectivity index (χ3n) is 1.66. The second kappa shape index (κ2) is 3.86. The average molecular weight is 272 g/mol. The first-order chi connectivity index (χ1) is 6.34. The van der Waals surface area contributed by atoms with Crippen molar-refractivity contribution in [3.63, 3.8) is 0 Å². The lowest BCUT2D eigenvalue weighted by Gasteiger charge is -2.17. The second-order valence-corrected chi connectivity index (χ2v) is 3.51. The highest BCUT2D eigenvalue weighted by molar-refractivity contribution is 9.10. The molecule has 0 radical (unpaired) electrons. The number of benzene rings is 1. The van der Waals surface area contributed by atoms with E-state index in [4.69, 9.17) is 5.73 Å². The fourth-order valence-electron chi connectivity index (χ4n) is 0.971. The molecule has 0 heterocycles. The molecule has 0 amide bonds. The summed E-state index contributed by atoms with van der Waals surface area (Å²) in [5, 5.41) is 0. The minimum Gasteiger partial charge on any atom is -0.316 e. The summed E-state index contributed by atoms with van der Waals surface area (Å²) in [6.07, 6.45) is -4.65. The molecule has 1 rings (SSSR count). The number of halogens is 5. The van der Waals surface area contributed by atoms with E-state index in [0.717, 1.165) is 6.07 Å². The maximum Gasteiger partial charge on any atom is 0.407 e. The van der Waals surface area contributed by atoms with Crippen LogP contribution >= 0.6 is 15.9 Å². The summed E-state index contributed by atoms with van der Waals surface area (Å²) >= 11 is 2.82. The van der Waals surface area contributed by atoms with Gasteiger partial charge in [-0.15, -0.1) is 0 Å². The highest BCUT2D eigenvalue weighted by atomic mass is 79.9. The van der Waals surface area contributed by atoms with Crippen molar-refractivity contribution >= 4 is 15.9 Å². The van der Waals surface area contributed by atoms with Crippen molar-refractivity contribution in [2.45, 2.75) is 12.2 Å². The molecule has 14 heavy (non-hydrogen) atoms. The number of hydrogen-bond donors (Lipinski definition) is 1. The standard InChI is InChI=1S/C8H6BrF4N/c9-4-2-1-3-5(10)6(4)7(14)8(11,12)13/h1-3,7H,14H2/t7-/m0/s1. The van der Waals surface area contributed by atoms with Crippen LogP contribution in [0, 0.1) is 5.82 Å². The molecule has 0 saturated carbocycles. The molecule has 1 aromatic carbocycles. The summed E-state index contributed by atoms with van der Waals surface area (Å²) in [4.78, 5) is 0. The van der Waals surface area contributed by atoms with Crippen molar-refractivity contribution < 1.29 is 17.6 Å². The van der Waals surface area contributed by atoms with E-state index in [-0.39, 0.29) is 4.47 Å². The van der Waals surface area contributed by atoms with Crippen LogP contribution in [0.5, 0.6) is 0 Å². The quantitative estimate of drug-likeness (QED) is 0.781. The molecular formula is C8H6BrF4N. The zero-order valence-corrected chi connectivity index (χ0v) is 8.36. The van der Waals surface area contributed by atoms with Crippen molar-refractivity contribution in [2.24, 2.45) is 5.73 Å². The molecule has 0 aliphatic heterocycles. The first-order valence-corrected chi connectivity index (χ1v) is 4.39. The maximum absolute atomic E-state index is 13.0. The Morgan fingerprint density at radius 1 is 1.29 bits per heavy atom. The Labute approximate surface area is 86.0 Å². The molecule has 2 N–H and O–H groups in total. The molecule has 1 atom stereocenters. The minimum absolute atomic E-state index is 0.0160. The summed E-state index contributed by atoms with van der Waals surface area (Å²) in [6.45, 7) is 0. The van der Waals surface area contributed by atoms with Crippen LogP contribution in [0.15, 0.2) is 22.7 Å². The number of alkyl halides is 3.